The second-order valence-electron chi connectivity index (χ2n) is 5.57. The van der Waals surface area contributed by atoms with Crippen molar-refractivity contribution in [3.05, 3.63) is 36.0 Å². The molecule has 7 nitrogen and oxygen atoms in total. The molecule has 0 saturated carbocycles. The number of nitrogens with zero attached hydrogens (tertiary/aromatic N) is 3. The average Bonchev–Trinajstić information content (AvgIpc) is 3.24. The third-order valence-corrected chi connectivity index (χ3v) is 4.63. The number of aromatic nitrogens is 3. The summed E-state index contributed by atoms with van der Waals surface area (Å²) in [4.78, 5) is 20.5. The van der Waals surface area contributed by atoms with Gasteiger partial charge in [-0.15, -0.1) is 0 Å². The maximum Gasteiger partial charge on any atom is 0.226 e. The van der Waals surface area contributed by atoms with Gasteiger partial charge in [0.2, 0.25) is 11.8 Å². The number of para-hydroxylation sites is 1. The number of aryl methyl sites for hydroxylation is 2. The number of amides is 1. The molecule has 3 aromatic rings. The summed E-state index contributed by atoms with van der Waals surface area (Å²) >= 11 is 1.61. The van der Waals surface area contributed by atoms with Crippen molar-refractivity contribution in [2.75, 3.05) is 18.4 Å². The first-order valence-electron chi connectivity index (χ1n) is 8.42. The summed E-state index contributed by atoms with van der Waals surface area (Å²) in [7, 11) is 0. The standard InChI is InChI=1S/C17H21N5O2S/c1-2-14-21-16(24-22-14)9-5-8-15(23)18-10-11-19-17-20-12-6-3-4-7-13(12)25-17/h3-4,6-7H,2,5,8-11H2,1H3,(H,18,23)(H,19,20). The number of fused-ring (bicyclic) bond motifs is 1. The fourth-order valence-electron chi connectivity index (χ4n) is 2.34. The number of carbonyl (C=O) groups is 1. The summed E-state index contributed by atoms with van der Waals surface area (Å²) in [5.74, 6) is 1.34. The van der Waals surface area contributed by atoms with Crippen LogP contribution in [0.25, 0.3) is 10.2 Å². The van der Waals surface area contributed by atoms with Crippen LogP contribution in [0.2, 0.25) is 0 Å². The molecule has 8 heteroatoms. The summed E-state index contributed by atoms with van der Waals surface area (Å²) in [5.41, 5.74) is 0.992. The Bertz CT molecular complexity index is 796. The number of anilines is 1. The highest BCUT2D eigenvalue weighted by molar-refractivity contribution is 7.22. The van der Waals surface area contributed by atoms with E-state index in [4.69, 9.17) is 4.52 Å². The topological polar surface area (TPSA) is 92.9 Å². The quantitative estimate of drug-likeness (QED) is 0.571. The number of hydrogen-bond donors (Lipinski definition) is 2. The maximum absolute atomic E-state index is 11.8. The van der Waals surface area contributed by atoms with Gasteiger partial charge in [-0.05, 0) is 18.6 Å². The van der Waals surface area contributed by atoms with Gasteiger partial charge >= 0.3 is 0 Å². The van der Waals surface area contributed by atoms with Gasteiger partial charge in [0.05, 0.1) is 10.2 Å². The molecule has 0 radical (unpaired) electrons. The van der Waals surface area contributed by atoms with Crippen LogP contribution in [0, 0.1) is 0 Å². The van der Waals surface area contributed by atoms with Crippen molar-refractivity contribution in [2.24, 2.45) is 0 Å². The number of benzene rings is 1. The SMILES string of the molecule is CCc1noc(CCCC(=O)NCCNc2nc3ccccc3s2)n1. The largest absolute Gasteiger partial charge is 0.360 e. The number of rotatable bonds is 9. The maximum atomic E-state index is 11.8. The van der Waals surface area contributed by atoms with Crippen molar-refractivity contribution in [1.29, 1.82) is 0 Å². The first-order valence-corrected chi connectivity index (χ1v) is 9.24. The molecule has 3 rings (SSSR count). The normalized spacial score (nSPS) is 10.9. The van der Waals surface area contributed by atoms with E-state index in [-0.39, 0.29) is 5.91 Å². The monoisotopic (exact) mass is 359 g/mol. The van der Waals surface area contributed by atoms with Crippen molar-refractivity contribution >= 4 is 32.6 Å². The van der Waals surface area contributed by atoms with Crippen LogP contribution in [0.5, 0.6) is 0 Å². The number of nitrogens with one attached hydrogen (secondary N) is 2. The second-order valence-corrected chi connectivity index (χ2v) is 6.61. The molecule has 0 fully saturated rings. The predicted octanol–water partition coefficient (Wildman–Crippen LogP) is 2.79. The van der Waals surface area contributed by atoms with E-state index >= 15 is 0 Å². The van der Waals surface area contributed by atoms with E-state index in [1.807, 2.05) is 31.2 Å². The van der Waals surface area contributed by atoms with Gasteiger partial charge in [0.1, 0.15) is 0 Å². The average molecular weight is 359 g/mol. The molecule has 2 heterocycles. The van der Waals surface area contributed by atoms with Crippen LogP contribution >= 0.6 is 11.3 Å². The zero-order valence-corrected chi connectivity index (χ0v) is 14.9. The Hall–Kier alpha value is -2.48. The molecule has 25 heavy (non-hydrogen) atoms. The zero-order valence-electron chi connectivity index (χ0n) is 14.1. The molecule has 1 aromatic carbocycles. The van der Waals surface area contributed by atoms with Crippen molar-refractivity contribution in [3.8, 4) is 0 Å². The van der Waals surface area contributed by atoms with Crippen molar-refractivity contribution in [2.45, 2.75) is 32.6 Å². The highest BCUT2D eigenvalue weighted by Gasteiger charge is 2.07. The Labute approximate surface area is 149 Å². The van der Waals surface area contributed by atoms with E-state index in [0.717, 1.165) is 21.8 Å². The highest BCUT2D eigenvalue weighted by atomic mass is 32.1. The highest BCUT2D eigenvalue weighted by Crippen LogP contribution is 2.24. The van der Waals surface area contributed by atoms with Crippen LogP contribution in [0.4, 0.5) is 5.13 Å². The Morgan fingerprint density at radius 1 is 1.24 bits per heavy atom. The van der Waals surface area contributed by atoms with E-state index < -0.39 is 0 Å². The lowest BCUT2D eigenvalue weighted by molar-refractivity contribution is -0.121. The van der Waals surface area contributed by atoms with Crippen molar-refractivity contribution in [3.63, 3.8) is 0 Å². The molecule has 0 atom stereocenters. The van der Waals surface area contributed by atoms with Crippen molar-refractivity contribution < 1.29 is 9.32 Å². The molecule has 0 aliphatic carbocycles. The Kier molecular flexibility index (Phi) is 5.95. The van der Waals surface area contributed by atoms with E-state index in [9.17, 15) is 4.79 Å². The molecule has 2 aromatic heterocycles. The lowest BCUT2D eigenvalue weighted by Crippen LogP contribution is -2.28. The van der Waals surface area contributed by atoms with Gasteiger partial charge in [0.15, 0.2) is 11.0 Å². The predicted molar refractivity (Wildman–Crippen MR) is 97.7 cm³/mol. The Morgan fingerprint density at radius 2 is 2.12 bits per heavy atom. The van der Waals surface area contributed by atoms with Crippen LogP contribution in [-0.2, 0) is 17.6 Å². The molecule has 2 N–H and O–H groups in total. The molecule has 1 amide bonds. The minimum atomic E-state index is 0.0290. The van der Waals surface area contributed by atoms with E-state index in [2.05, 4.69) is 25.8 Å². The third kappa shape index (κ3) is 4.99. The minimum Gasteiger partial charge on any atom is -0.360 e. The summed E-state index contributed by atoms with van der Waals surface area (Å²) in [6.45, 7) is 3.19. The van der Waals surface area contributed by atoms with Gasteiger partial charge in [-0.1, -0.05) is 35.5 Å². The summed E-state index contributed by atoms with van der Waals surface area (Å²) < 4.78 is 6.26. The van der Waals surface area contributed by atoms with Crippen LogP contribution in [0.3, 0.4) is 0 Å². The Morgan fingerprint density at radius 3 is 2.92 bits per heavy atom. The second kappa shape index (κ2) is 8.57. The molecule has 0 saturated heterocycles. The van der Waals surface area contributed by atoms with Gasteiger partial charge < -0.3 is 15.2 Å². The first-order chi connectivity index (χ1) is 12.2. The van der Waals surface area contributed by atoms with Gasteiger partial charge in [0.25, 0.3) is 0 Å². The van der Waals surface area contributed by atoms with E-state index in [1.165, 1.54) is 0 Å². The minimum absolute atomic E-state index is 0.0290. The summed E-state index contributed by atoms with van der Waals surface area (Å²) in [6.07, 6.45) is 2.53. The molecular formula is C17H21N5O2S. The smallest absolute Gasteiger partial charge is 0.226 e. The van der Waals surface area contributed by atoms with Gasteiger partial charge in [0, 0.05) is 32.4 Å². The molecule has 0 aliphatic heterocycles. The zero-order chi connectivity index (χ0) is 17.5. The lowest BCUT2D eigenvalue weighted by Gasteiger charge is -2.05. The summed E-state index contributed by atoms with van der Waals surface area (Å²) in [5, 5.41) is 10.8. The van der Waals surface area contributed by atoms with Crippen LogP contribution in [-0.4, -0.2) is 34.1 Å². The number of thiazole rings is 1. The molecule has 0 spiro atoms. The van der Waals surface area contributed by atoms with Crippen molar-refractivity contribution in [1.82, 2.24) is 20.4 Å². The number of carbonyl (C=O) groups excluding carboxylic acids is 1. The van der Waals surface area contributed by atoms with Gasteiger partial charge in [-0.25, -0.2) is 4.98 Å². The van der Waals surface area contributed by atoms with Crippen LogP contribution < -0.4 is 10.6 Å². The fourth-order valence-corrected chi connectivity index (χ4v) is 3.23. The summed E-state index contributed by atoms with van der Waals surface area (Å²) in [6, 6.07) is 8.02. The first kappa shape index (κ1) is 17.3. The lowest BCUT2D eigenvalue weighted by atomic mass is 10.2. The molecule has 132 valence electrons. The van der Waals surface area contributed by atoms with Crippen LogP contribution in [0.1, 0.15) is 31.5 Å². The third-order valence-electron chi connectivity index (χ3n) is 3.64. The Balaban J connectivity index is 1.31. The number of hydrogen-bond acceptors (Lipinski definition) is 7. The fraction of sp³-hybridized carbons (Fsp3) is 0.412. The molecule has 0 bridgehead atoms. The van der Waals surface area contributed by atoms with Gasteiger partial charge in [-0.3, -0.25) is 4.79 Å². The van der Waals surface area contributed by atoms with E-state index in [1.54, 1.807) is 11.3 Å². The molecule has 0 unspecified atom stereocenters. The van der Waals surface area contributed by atoms with Gasteiger partial charge in [-0.2, -0.15) is 4.98 Å². The van der Waals surface area contributed by atoms with E-state index in [0.29, 0.717) is 44.1 Å². The molecular weight excluding hydrogens is 338 g/mol. The van der Waals surface area contributed by atoms with Crippen LogP contribution in [0.15, 0.2) is 28.8 Å². The molecule has 0 aliphatic rings.